The van der Waals surface area contributed by atoms with E-state index in [1.807, 2.05) is 0 Å². The molecule has 0 aliphatic heterocycles. The first-order valence-corrected chi connectivity index (χ1v) is 6.20. The summed E-state index contributed by atoms with van der Waals surface area (Å²) in [5.74, 6) is -39.3. The van der Waals surface area contributed by atoms with E-state index in [1.54, 1.807) is 0 Å². The van der Waals surface area contributed by atoms with Crippen LogP contribution in [0.5, 0.6) is 0 Å². The molecule has 0 aromatic carbocycles. The van der Waals surface area contributed by atoms with Crippen molar-refractivity contribution in [3.8, 4) is 0 Å². The fourth-order valence-electron chi connectivity index (χ4n) is 1.49. The molecule has 0 aliphatic carbocycles. The van der Waals surface area contributed by atoms with E-state index in [0.717, 1.165) is 0 Å². The lowest BCUT2D eigenvalue weighted by molar-refractivity contribution is -0.454. The minimum atomic E-state index is -8.20. The van der Waals surface area contributed by atoms with Crippen LogP contribution in [-0.2, 0) is 4.74 Å². The quantitative estimate of drug-likeness (QED) is 0.295. The molecule has 28 heavy (non-hydrogen) atoms. The number of alkyl halides is 16. The lowest BCUT2D eigenvalue weighted by Crippen LogP contribution is -2.72. The van der Waals surface area contributed by atoms with Crippen molar-refractivity contribution in [2.75, 3.05) is 0 Å². The molecule has 0 bridgehead atoms. The van der Waals surface area contributed by atoms with E-state index in [-0.39, 0.29) is 0 Å². The van der Waals surface area contributed by atoms with E-state index in [4.69, 9.17) is 0 Å². The molecule has 0 saturated heterocycles. The van der Waals surface area contributed by atoms with Gasteiger partial charge in [0, 0.05) is 0 Å². The van der Waals surface area contributed by atoms with Crippen molar-refractivity contribution >= 4 is 0 Å². The van der Waals surface area contributed by atoms with Crippen LogP contribution in [0.15, 0.2) is 12.8 Å². The molecule has 0 spiro atoms. The molecule has 0 N–H and O–H groups in total. The summed E-state index contributed by atoms with van der Waals surface area (Å²) in [6, 6.07) is 0. The Morgan fingerprint density at radius 2 is 1.00 bits per heavy atom. The molecule has 0 heterocycles. The van der Waals surface area contributed by atoms with Gasteiger partial charge in [-0.1, -0.05) is 6.58 Å². The fraction of sp³-hybridized carbons (Fsp3) is 0.818. The first-order valence-electron chi connectivity index (χ1n) is 6.20. The Balaban J connectivity index is 6.34. The third-order valence-corrected chi connectivity index (χ3v) is 3.00. The predicted octanol–water partition coefficient (Wildman–Crippen LogP) is 6.21. The highest BCUT2D eigenvalue weighted by Gasteiger charge is 2.91. The zero-order chi connectivity index (χ0) is 23.2. The van der Waals surface area contributed by atoms with Gasteiger partial charge in [0.05, 0.1) is 12.7 Å². The molecule has 0 aromatic rings. The predicted molar refractivity (Wildman–Crippen MR) is 56.5 cm³/mol. The summed E-state index contributed by atoms with van der Waals surface area (Å²) < 4.78 is 208. The fourth-order valence-corrected chi connectivity index (χ4v) is 1.49. The summed E-state index contributed by atoms with van der Waals surface area (Å²) in [6.07, 6.45) is -22.4. The summed E-state index contributed by atoms with van der Waals surface area (Å²) in [4.78, 5) is 0. The standard InChI is InChI=1S/C11H6F16O/c1-2-28-11(26,27)10(24,25)9(22,23)8(20,21)7(18,19)6(16,17)4(12)3-5(13,14)15/h2,4H,1,3H2. The lowest BCUT2D eigenvalue weighted by Gasteiger charge is -2.41. The molecule has 0 aromatic heterocycles. The molecule has 0 amide bonds. The highest BCUT2D eigenvalue weighted by atomic mass is 19.4. The van der Waals surface area contributed by atoms with Gasteiger partial charge in [0.25, 0.3) is 0 Å². The molecule has 0 rings (SSSR count). The number of ether oxygens (including phenoxy) is 1. The summed E-state index contributed by atoms with van der Waals surface area (Å²) in [5.41, 5.74) is 0. The highest BCUT2D eigenvalue weighted by molar-refractivity contribution is 5.12. The van der Waals surface area contributed by atoms with Gasteiger partial charge < -0.3 is 4.74 Å². The van der Waals surface area contributed by atoms with Gasteiger partial charge in [0.1, 0.15) is 0 Å². The van der Waals surface area contributed by atoms with Gasteiger partial charge in [-0.2, -0.15) is 65.9 Å². The molecule has 0 radical (unpaired) electrons. The van der Waals surface area contributed by atoms with E-state index in [2.05, 4.69) is 11.3 Å². The maximum Gasteiger partial charge on any atom is 0.470 e. The Labute approximate surface area is 143 Å². The van der Waals surface area contributed by atoms with Crippen LogP contribution >= 0.6 is 0 Å². The maximum atomic E-state index is 13.2. The molecule has 1 unspecified atom stereocenters. The second-order valence-electron chi connectivity index (χ2n) is 5.01. The molecule has 17 heteroatoms. The second kappa shape index (κ2) is 7.03. The van der Waals surface area contributed by atoms with E-state index in [1.165, 1.54) is 0 Å². The van der Waals surface area contributed by atoms with E-state index >= 15 is 0 Å². The summed E-state index contributed by atoms with van der Waals surface area (Å²) in [5, 5.41) is 0. The molecule has 0 saturated carbocycles. The minimum absolute atomic E-state index is 0.726. The molecule has 168 valence electrons. The van der Waals surface area contributed by atoms with Crippen LogP contribution in [0.2, 0.25) is 0 Å². The normalized spacial score (nSPS) is 16.7. The topological polar surface area (TPSA) is 9.23 Å². The van der Waals surface area contributed by atoms with Crippen LogP contribution in [0.1, 0.15) is 6.42 Å². The van der Waals surface area contributed by atoms with Gasteiger partial charge in [-0.05, 0) is 0 Å². The average Bonchev–Trinajstić information content (AvgIpc) is 2.44. The molecule has 0 aliphatic rings. The van der Waals surface area contributed by atoms with Crippen molar-refractivity contribution in [1.82, 2.24) is 0 Å². The summed E-state index contributed by atoms with van der Waals surface area (Å²) in [6.45, 7) is 2.16. The molecule has 1 nitrogen and oxygen atoms in total. The van der Waals surface area contributed by atoms with Crippen molar-refractivity contribution in [3.63, 3.8) is 0 Å². The first-order chi connectivity index (χ1) is 11.9. The average molecular weight is 458 g/mol. The molecule has 0 fully saturated rings. The number of hydrogen-bond donors (Lipinski definition) is 0. The minimum Gasteiger partial charge on any atom is -0.436 e. The third-order valence-electron chi connectivity index (χ3n) is 3.00. The maximum absolute atomic E-state index is 13.2. The number of hydrogen-bond acceptors (Lipinski definition) is 1. The van der Waals surface area contributed by atoms with Crippen molar-refractivity contribution in [1.29, 1.82) is 0 Å². The van der Waals surface area contributed by atoms with E-state index in [9.17, 15) is 70.2 Å². The van der Waals surface area contributed by atoms with Gasteiger partial charge in [-0.3, -0.25) is 0 Å². The number of halogens is 16. The van der Waals surface area contributed by atoms with Crippen LogP contribution in [0.25, 0.3) is 0 Å². The SMILES string of the molecule is C=COC(F)(F)C(F)(F)C(F)(F)C(F)(F)C(F)(F)C(F)(F)C(F)CC(F)(F)F. The van der Waals surface area contributed by atoms with Gasteiger partial charge >= 0.3 is 41.9 Å². The smallest absolute Gasteiger partial charge is 0.436 e. The van der Waals surface area contributed by atoms with Crippen LogP contribution in [0, 0.1) is 0 Å². The number of rotatable bonds is 9. The monoisotopic (exact) mass is 458 g/mol. The van der Waals surface area contributed by atoms with Gasteiger partial charge in [0.2, 0.25) is 0 Å². The van der Waals surface area contributed by atoms with Crippen molar-refractivity contribution < 1.29 is 75.0 Å². The molecule has 1 atom stereocenters. The Morgan fingerprint density at radius 1 is 0.643 bits per heavy atom. The van der Waals surface area contributed by atoms with Crippen LogP contribution in [0.4, 0.5) is 70.2 Å². The van der Waals surface area contributed by atoms with Crippen LogP contribution in [-0.4, -0.2) is 48.1 Å². The van der Waals surface area contributed by atoms with Gasteiger partial charge in [-0.25, -0.2) is 4.39 Å². The second-order valence-corrected chi connectivity index (χ2v) is 5.01. The first kappa shape index (κ1) is 26.4. The highest BCUT2D eigenvalue weighted by Crippen LogP contribution is 2.61. The Hall–Kier alpha value is -1.58. The van der Waals surface area contributed by atoms with Crippen molar-refractivity contribution in [3.05, 3.63) is 12.8 Å². The zero-order valence-electron chi connectivity index (χ0n) is 12.5. The van der Waals surface area contributed by atoms with E-state index < -0.39 is 60.8 Å². The van der Waals surface area contributed by atoms with Crippen molar-refractivity contribution in [2.45, 2.75) is 54.5 Å². The third kappa shape index (κ3) is 3.92. The Morgan fingerprint density at radius 3 is 1.32 bits per heavy atom. The van der Waals surface area contributed by atoms with Gasteiger partial charge in [0.15, 0.2) is 6.17 Å². The Kier molecular flexibility index (Phi) is 6.64. The summed E-state index contributed by atoms with van der Waals surface area (Å²) >= 11 is 0. The van der Waals surface area contributed by atoms with Crippen molar-refractivity contribution in [2.24, 2.45) is 0 Å². The molecular weight excluding hydrogens is 452 g/mol. The summed E-state index contributed by atoms with van der Waals surface area (Å²) in [7, 11) is 0. The molecular formula is C11H6F16O. The van der Waals surface area contributed by atoms with E-state index in [0.29, 0.717) is 0 Å². The lowest BCUT2D eigenvalue weighted by atomic mass is 9.91. The van der Waals surface area contributed by atoms with Crippen LogP contribution < -0.4 is 0 Å². The van der Waals surface area contributed by atoms with Crippen LogP contribution in [0.3, 0.4) is 0 Å². The van der Waals surface area contributed by atoms with Gasteiger partial charge in [-0.15, -0.1) is 0 Å². The Bertz CT molecular complexity index is 561. The zero-order valence-corrected chi connectivity index (χ0v) is 12.5. The largest absolute Gasteiger partial charge is 0.470 e.